The molecule has 214 valence electrons. The Morgan fingerprint density at radius 1 is 0.897 bits per heavy atom. The van der Waals surface area contributed by atoms with Crippen molar-refractivity contribution < 1.29 is 62.1 Å². The molecule has 1 saturated heterocycles. The number of carbonyl (C=O) groups excluding carboxylic acids is 5. The van der Waals surface area contributed by atoms with Gasteiger partial charge < -0.3 is 33.2 Å². The van der Waals surface area contributed by atoms with Crippen molar-refractivity contribution in [2.24, 2.45) is 0 Å². The van der Waals surface area contributed by atoms with Crippen molar-refractivity contribution in [3.8, 4) is 5.75 Å². The number of methoxy groups -OCH3 is 1. The maximum atomic E-state index is 12.9. The van der Waals surface area contributed by atoms with Crippen LogP contribution >= 0.6 is 0 Å². The Kier molecular flexibility index (Phi) is 9.93. The molecule has 0 aromatic heterocycles. The number of benzene rings is 1. The van der Waals surface area contributed by atoms with Crippen molar-refractivity contribution in [3.05, 3.63) is 33.9 Å². The van der Waals surface area contributed by atoms with Crippen molar-refractivity contribution in [3.63, 3.8) is 0 Å². The van der Waals surface area contributed by atoms with Crippen molar-refractivity contribution in [2.75, 3.05) is 7.11 Å². The fourth-order valence-corrected chi connectivity index (χ4v) is 3.52. The van der Waals surface area contributed by atoms with Gasteiger partial charge in [-0.15, -0.1) is 0 Å². The highest BCUT2D eigenvalue weighted by atomic mass is 16.7. The molecule has 2 rings (SSSR count). The van der Waals surface area contributed by atoms with Gasteiger partial charge in [0, 0.05) is 26.8 Å². The zero-order valence-corrected chi connectivity index (χ0v) is 22.3. The van der Waals surface area contributed by atoms with Crippen molar-refractivity contribution in [2.45, 2.75) is 77.8 Å². The van der Waals surface area contributed by atoms with E-state index in [1.807, 2.05) is 0 Å². The van der Waals surface area contributed by atoms with Crippen LogP contribution in [0.15, 0.2) is 18.2 Å². The van der Waals surface area contributed by atoms with Crippen LogP contribution in [0.4, 0.5) is 5.69 Å². The first-order valence-electron chi connectivity index (χ1n) is 11.5. The minimum atomic E-state index is -1.84. The van der Waals surface area contributed by atoms with E-state index in [0.717, 1.165) is 46.1 Å². The largest absolute Gasteiger partial charge is 0.467 e. The molecule has 0 spiro atoms. The predicted molar refractivity (Wildman–Crippen MR) is 126 cm³/mol. The van der Waals surface area contributed by atoms with Crippen LogP contribution in [-0.4, -0.2) is 78.2 Å². The fraction of sp³-hybridized carbons (Fsp3) is 0.542. The Hall–Kier alpha value is -4.27. The van der Waals surface area contributed by atoms with Crippen LogP contribution in [0, 0.1) is 10.1 Å². The molecule has 0 unspecified atom stereocenters. The number of hydrogen-bond acceptors (Lipinski definition) is 14. The summed E-state index contributed by atoms with van der Waals surface area (Å²) in [5.74, 6) is -5.19. The quantitative estimate of drug-likeness (QED) is 0.194. The Balaban J connectivity index is 2.68. The summed E-state index contributed by atoms with van der Waals surface area (Å²) in [6, 6.07) is 3.00. The molecule has 0 amide bonds. The average Bonchev–Trinajstić information content (AvgIpc) is 2.79. The molecule has 1 aromatic rings. The molecule has 15 nitrogen and oxygen atoms in total. The molecule has 1 aliphatic heterocycles. The third kappa shape index (κ3) is 8.36. The molecule has 1 fully saturated rings. The van der Waals surface area contributed by atoms with E-state index < -0.39 is 82.5 Å². The summed E-state index contributed by atoms with van der Waals surface area (Å²) in [4.78, 5) is 71.9. The van der Waals surface area contributed by atoms with E-state index in [0.29, 0.717) is 0 Å². The lowest BCUT2D eigenvalue weighted by Crippen LogP contribution is -2.64. The molecule has 0 N–H and O–H groups in total. The molecule has 39 heavy (non-hydrogen) atoms. The number of nitro groups is 1. The van der Waals surface area contributed by atoms with Crippen LogP contribution in [0.25, 0.3) is 0 Å². The van der Waals surface area contributed by atoms with Gasteiger partial charge in [0.05, 0.1) is 18.1 Å². The minimum Gasteiger partial charge on any atom is -0.467 e. The van der Waals surface area contributed by atoms with E-state index in [2.05, 4.69) is 0 Å². The second-order valence-electron chi connectivity index (χ2n) is 9.23. The minimum absolute atomic E-state index is 0.276. The van der Waals surface area contributed by atoms with Gasteiger partial charge >= 0.3 is 29.8 Å². The molecule has 1 aromatic carbocycles. The maximum absolute atomic E-state index is 12.9. The number of nitrogens with zero attached hydrogens (tertiary/aromatic N) is 1. The Labute approximate surface area is 222 Å². The zero-order chi connectivity index (χ0) is 29.7. The first-order chi connectivity index (χ1) is 18.0. The number of rotatable bonds is 8. The summed E-state index contributed by atoms with van der Waals surface area (Å²) in [6.45, 7) is 7.82. The van der Waals surface area contributed by atoms with Crippen molar-refractivity contribution in [1.29, 1.82) is 0 Å². The molecule has 5 atom stereocenters. The number of carbonyl (C=O) groups is 5. The molecular weight excluding hydrogens is 526 g/mol. The predicted octanol–water partition coefficient (Wildman–Crippen LogP) is 1.62. The Bertz CT molecular complexity index is 1140. The van der Waals surface area contributed by atoms with Gasteiger partial charge in [-0.25, -0.2) is 9.59 Å². The van der Waals surface area contributed by atoms with Crippen LogP contribution in [0.2, 0.25) is 0 Å². The van der Waals surface area contributed by atoms with Crippen molar-refractivity contribution >= 4 is 35.5 Å². The van der Waals surface area contributed by atoms with E-state index >= 15 is 0 Å². The van der Waals surface area contributed by atoms with E-state index in [1.165, 1.54) is 0 Å². The molecule has 0 saturated carbocycles. The second kappa shape index (κ2) is 12.5. The summed E-state index contributed by atoms with van der Waals surface area (Å²) in [7, 11) is 1.01. The fourth-order valence-electron chi connectivity index (χ4n) is 3.52. The van der Waals surface area contributed by atoms with Gasteiger partial charge in [0.15, 0.2) is 18.3 Å². The average molecular weight is 555 g/mol. The SMILES string of the molecule is COC(=O)[C@H]1O[C@@H](Oc2cc([N+](=O)[O-])ccc2C(=O)OC(C)(C)C)[C@H](OC(C)=O)[C@@H](OC(C)=O)[C@@H]1OC(C)=O. The van der Waals surface area contributed by atoms with Gasteiger partial charge in [-0.3, -0.25) is 24.5 Å². The second-order valence-corrected chi connectivity index (χ2v) is 9.23. The summed E-state index contributed by atoms with van der Waals surface area (Å²) in [5, 5.41) is 11.4. The lowest BCUT2D eigenvalue weighted by molar-refractivity contribution is -0.385. The molecule has 1 heterocycles. The summed E-state index contributed by atoms with van der Waals surface area (Å²) >= 11 is 0. The monoisotopic (exact) mass is 555 g/mol. The standard InChI is InChI=1S/C24H29NO14/c1-11(26)34-17-18(35-12(2)27)20(36-13(3)28)23(38-19(17)22(30)33-7)37-16-10-14(25(31)32)8-9-15(16)21(29)39-24(4,5)6/h8-10,17-20,23H,1-7H3/t17-,18-,19-,20+,23+/m0/s1. The van der Waals surface area contributed by atoms with Crippen LogP contribution in [0.3, 0.4) is 0 Å². The maximum Gasteiger partial charge on any atom is 0.342 e. The zero-order valence-electron chi connectivity index (χ0n) is 22.3. The van der Waals surface area contributed by atoms with Gasteiger partial charge in [-0.2, -0.15) is 0 Å². The van der Waals surface area contributed by atoms with Gasteiger partial charge in [-0.05, 0) is 26.8 Å². The molecule has 0 radical (unpaired) electrons. The molecule has 1 aliphatic rings. The van der Waals surface area contributed by atoms with E-state index in [-0.39, 0.29) is 5.56 Å². The normalized spacial score (nSPS) is 22.6. The van der Waals surface area contributed by atoms with E-state index in [9.17, 15) is 34.1 Å². The summed E-state index contributed by atoms with van der Waals surface area (Å²) < 4.78 is 37.2. The van der Waals surface area contributed by atoms with Crippen LogP contribution < -0.4 is 4.74 Å². The van der Waals surface area contributed by atoms with Crippen molar-refractivity contribution in [1.82, 2.24) is 0 Å². The first kappa shape index (κ1) is 31.0. The van der Waals surface area contributed by atoms with E-state index in [1.54, 1.807) is 20.8 Å². The van der Waals surface area contributed by atoms with Gasteiger partial charge in [-0.1, -0.05) is 0 Å². The third-order valence-corrected chi connectivity index (χ3v) is 4.87. The summed E-state index contributed by atoms with van der Waals surface area (Å²) in [6.07, 6.45) is -8.62. The van der Waals surface area contributed by atoms with Crippen LogP contribution in [0.5, 0.6) is 5.75 Å². The first-order valence-corrected chi connectivity index (χ1v) is 11.5. The van der Waals surface area contributed by atoms with Crippen LogP contribution in [0.1, 0.15) is 51.9 Å². The number of esters is 5. The highest BCUT2D eigenvalue weighted by Gasteiger charge is 2.56. The Morgan fingerprint density at radius 3 is 1.92 bits per heavy atom. The highest BCUT2D eigenvalue weighted by molar-refractivity contribution is 5.93. The molecule has 0 bridgehead atoms. The molecular formula is C24H29NO14. The summed E-state index contributed by atoms with van der Waals surface area (Å²) in [5.41, 5.74) is -1.72. The van der Waals surface area contributed by atoms with Gasteiger partial charge in [0.1, 0.15) is 16.9 Å². The lowest BCUT2D eigenvalue weighted by atomic mass is 9.97. The highest BCUT2D eigenvalue weighted by Crippen LogP contribution is 2.34. The third-order valence-electron chi connectivity index (χ3n) is 4.87. The number of non-ortho nitro benzene ring substituents is 1. The topological polar surface area (TPSA) is 193 Å². The number of nitro benzene ring substituents is 1. The molecule has 0 aliphatic carbocycles. The van der Waals surface area contributed by atoms with Crippen LogP contribution in [-0.2, 0) is 47.6 Å². The lowest BCUT2D eigenvalue weighted by Gasteiger charge is -2.43. The van der Waals surface area contributed by atoms with Gasteiger partial charge in [0.25, 0.3) is 5.69 Å². The number of hydrogen-bond donors (Lipinski definition) is 0. The van der Waals surface area contributed by atoms with Gasteiger partial charge in [0.2, 0.25) is 12.4 Å². The molecule has 15 heteroatoms. The smallest absolute Gasteiger partial charge is 0.342 e. The Morgan fingerprint density at radius 2 is 1.44 bits per heavy atom. The number of ether oxygens (including phenoxy) is 7. The van der Waals surface area contributed by atoms with E-state index in [4.69, 9.17) is 33.2 Å².